The lowest BCUT2D eigenvalue weighted by Gasteiger charge is -2.15. The first-order valence-electron chi connectivity index (χ1n) is 6.76. The van der Waals surface area contributed by atoms with E-state index in [-0.39, 0.29) is 0 Å². The van der Waals surface area contributed by atoms with Gasteiger partial charge in [0.1, 0.15) is 11.3 Å². The van der Waals surface area contributed by atoms with Crippen molar-refractivity contribution < 1.29 is 4.42 Å². The van der Waals surface area contributed by atoms with E-state index >= 15 is 0 Å². The molecular weight excluding hydrogens is 234 g/mol. The summed E-state index contributed by atoms with van der Waals surface area (Å²) < 4.78 is 5.95. The smallest absolute Gasteiger partial charge is 0.137 e. The fourth-order valence-electron chi connectivity index (χ4n) is 2.79. The summed E-state index contributed by atoms with van der Waals surface area (Å²) in [6.45, 7) is 4.25. The van der Waals surface area contributed by atoms with Gasteiger partial charge in [-0.05, 0) is 36.1 Å². The third-order valence-electron chi connectivity index (χ3n) is 3.70. The Morgan fingerprint density at radius 1 is 1.00 bits per heavy atom. The molecule has 0 saturated heterocycles. The molecule has 2 aliphatic rings. The van der Waals surface area contributed by atoms with Gasteiger partial charge in [0.25, 0.3) is 0 Å². The van der Waals surface area contributed by atoms with Crippen molar-refractivity contribution >= 4 is 11.0 Å². The number of fused-ring (bicyclic) bond motifs is 2. The third-order valence-corrected chi connectivity index (χ3v) is 3.70. The number of benzene rings is 2. The molecule has 0 amide bonds. The molecule has 1 heterocycles. The van der Waals surface area contributed by atoms with E-state index in [0.717, 1.165) is 40.7 Å². The average Bonchev–Trinajstić information content (AvgIpc) is 2.43. The number of nitrogens with one attached hydrogen (secondary N) is 1. The predicted molar refractivity (Wildman–Crippen MR) is 77.4 cm³/mol. The van der Waals surface area contributed by atoms with Gasteiger partial charge in [-0.3, -0.25) is 0 Å². The molecule has 2 nitrogen and oxygen atoms in total. The Morgan fingerprint density at radius 3 is 2.47 bits per heavy atom. The molecule has 0 atom stereocenters. The zero-order valence-electron chi connectivity index (χ0n) is 11.3. The Kier molecular flexibility index (Phi) is 2.86. The molecule has 3 rings (SSSR count). The Morgan fingerprint density at radius 2 is 1.74 bits per heavy atom. The maximum atomic E-state index is 8.15. The summed E-state index contributed by atoms with van der Waals surface area (Å²) in [7, 11) is 0. The van der Waals surface area contributed by atoms with Crippen LogP contribution in [0, 0.1) is 5.41 Å². The van der Waals surface area contributed by atoms with Crippen LogP contribution in [0.15, 0.2) is 40.8 Å². The van der Waals surface area contributed by atoms with Crippen LogP contribution >= 0.6 is 0 Å². The maximum Gasteiger partial charge on any atom is 0.137 e. The molecule has 2 heteroatoms. The van der Waals surface area contributed by atoms with Gasteiger partial charge in [-0.1, -0.05) is 32.0 Å². The first-order chi connectivity index (χ1) is 9.24. The highest BCUT2D eigenvalue weighted by molar-refractivity contribution is 5.84. The topological polar surface area (TPSA) is 37.0 Å². The van der Waals surface area contributed by atoms with E-state index < -0.39 is 0 Å². The standard InChI is InChI=1S/C17H17NO/c1-3-12-13(4-2)15(18)10-17-14(12)9-11-7-5-6-8-16(11)19-17/h5-10,18H,3-4H2,1-2H3. The van der Waals surface area contributed by atoms with Gasteiger partial charge in [-0.2, -0.15) is 0 Å². The third kappa shape index (κ3) is 1.84. The van der Waals surface area contributed by atoms with Crippen LogP contribution in [0.2, 0.25) is 0 Å². The fourth-order valence-corrected chi connectivity index (χ4v) is 2.79. The molecule has 0 spiro atoms. The van der Waals surface area contributed by atoms with E-state index in [9.17, 15) is 0 Å². The lowest BCUT2D eigenvalue weighted by atomic mass is 9.93. The lowest BCUT2D eigenvalue weighted by molar-refractivity contribution is 0.616. The van der Waals surface area contributed by atoms with Crippen molar-refractivity contribution in [1.82, 2.24) is 0 Å². The Bertz CT molecular complexity index is 770. The lowest BCUT2D eigenvalue weighted by Crippen LogP contribution is -2.13. The van der Waals surface area contributed by atoms with Crippen LogP contribution in [0.25, 0.3) is 22.3 Å². The highest BCUT2D eigenvalue weighted by Crippen LogP contribution is 2.31. The fraction of sp³-hybridized carbons (Fsp3) is 0.235. The first-order valence-corrected chi connectivity index (χ1v) is 6.76. The van der Waals surface area contributed by atoms with Gasteiger partial charge in [0.2, 0.25) is 0 Å². The Hall–Kier alpha value is -2.09. The molecular formula is C17H17NO. The van der Waals surface area contributed by atoms with Gasteiger partial charge >= 0.3 is 0 Å². The molecule has 0 aromatic heterocycles. The van der Waals surface area contributed by atoms with Gasteiger partial charge in [0.05, 0.1) is 5.36 Å². The van der Waals surface area contributed by atoms with Gasteiger partial charge in [-0.25, -0.2) is 0 Å². The summed E-state index contributed by atoms with van der Waals surface area (Å²) >= 11 is 0. The zero-order chi connectivity index (χ0) is 13.4. The highest BCUT2D eigenvalue weighted by atomic mass is 16.3. The zero-order valence-corrected chi connectivity index (χ0v) is 11.3. The molecule has 1 aromatic rings. The number of hydrogen-bond acceptors (Lipinski definition) is 2. The number of hydrogen-bond donors (Lipinski definition) is 1. The molecule has 1 aliphatic heterocycles. The van der Waals surface area contributed by atoms with Crippen molar-refractivity contribution in [3.05, 3.63) is 52.9 Å². The number of rotatable bonds is 2. The van der Waals surface area contributed by atoms with Gasteiger partial charge in [0, 0.05) is 17.0 Å². The highest BCUT2D eigenvalue weighted by Gasteiger charge is 2.15. The summed E-state index contributed by atoms with van der Waals surface area (Å²) in [6.07, 6.45) is 1.82. The summed E-state index contributed by atoms with van der Waals surface area (Å²) in [5.74, 6) is 0.817. The Balaban J connectivity index is 2.47. The van der Waals surface area contributed by atoms with Crippen molar-refractivity contribution in [1.29, 1.82) is 5.41 Å². The van der Waals surface area contributed by atoms with Crippen LogP contribution in [0.4, 0.5) is 0 Å². The maximum absolute atomic E-state index is 8.15. The second-order valence-corrected chi connectivity index (χ2v) is 4.78. The molecule has 1 aliphatic carbocycles. The Labute approximate surface area is 112 Å². The van der Waals surface area contributed by atoms with Crippen molar-refractivity contribution in [2.24, 2.45) is 0 Å². The summed E-state index contributed by atoms with van der Waals surface area (Å²) in [5, 5.41) is 9.85. The van der Waals surface area contributed by atoms with Crippen LogP contribution in [-0.2, 0) is 12.8 Å². The van der Waals surface area contributed by atoms with Crippen LogP contribution < -0.4 is 5.36 Å². The van der Waals surface area contributed by atoms with Gasteiger partial charge in [0.15, 0.2) is 0 Å². The SMILES string of the molecule is CCc1c2cc3ccccc3oc-2cc(=N)c1CC. The molecule has 0 fully saturated rings. The van der Waals surface area contributed by atoms with Crippen LogP contribution in [0.5, 0.6) is 0 Å². The molecule has 96 valence electrons. The van der Waals surface area contributed by atoms with E-state index in [1.165, 1.54) is 5.56 Å². The minimum absolute atomic E-state index is 0.589. The van der Waals surface area contributed by atoms with Crippen molar-refractivity contribution in [2.45, 2.75) is 26.7 Å². The van der Waals surface area contributed by atoms with Crippen molar-refractivity contribution in [2.75, 3.05) is 0 Å². The van der Waals surface area contributed by atoms with Crippen molar-refractivity contribution in [3.8, 4) is 11.3 Å². The van der Waals surface area contributed by atoms with E-state index in [1.54, 1.807) is 0 Å². The quantitative estimate of drug-likeness (QED) is 0.683. The monoisotopic (exact) mass is 251 g/mol. The minimum Gasteiger partial charge on any atom is -0.456 e. The molecule has 19 heavy (non-hydrogen) atoms. The van der Waals surface area contributed by atoms with Crippen LogP contribution in [0.3, 0.4) is 0 Å². The largest absolute Gasteiger partial charge is 0.456 e. The van der Waals surface area contributed by atoms with E-state index in [0.29, 0.717) is 5.36 Å². The average molecular weight is 251 g/mol. The minimum atomic E-state index is 0.589. The molecule has 0 unspecified atom stereocenters. The van der Waals surface area contributed by atoms with Gasteiger partial charge < -0.3 is 9.83 Å². The predicted octanol–water partition coefficient (Wildman–Crippen LogP) is 4.14. The van der Waals surface area contributed by atoms with Crippen LogP contribution in [-0.4, -0.2) is 0 Å². The first kappa shape index (κ1) is 12.0. The number of para-hydroxylation sites is 1. The summed E-state index contributed by atoms with van der Waals surface area (Å²) in [6, 6.07) is 12.1. The van der Waals surface area contributed by atoms with Crippen LogP contribution in [0.1, 0.15) is 25.0 Å². The van der Waals surface area contributed by atoms with Gasteiger partial charge in [-0.15, -0.1) is 0 Å². The van der Waals surface area contributed by atoms with E-state index in [1.807, 2.05) is 24.3 Å². The molecule has 0 saturated carbocycles. The van der Waals surface area contributed by atoms with Crippen molar-refractivity contribution in [3.63, 3.8) is 0 Å². The summed E-state index contributed by atoms with van der Waals surface area (Å²) in [5.41, 5.74) is 4.41. The second-order valence-electron chi connectivity index (χ2n) is 4.78. The molecule has 1 N–H and O–H groups in total. The van der Waals surface area contributed by atoms with E-state index in [2.05, 4.69) is 26.0 Å². The summed E-state index contributed by atoms with van der Waals surface area (Å²) in [4.78, 5) is 0. The molecule has 0 radical (unpaired) electrons. The second kappa shape index (κ2) is 4.54. The molecule has 1 aromatic carbocycles. The van der Waals surface area contributed by atoms with E-state index in [4.69, 9.17) is 9.83 Å². The normalized spacial score (nSPS) is 11.3. The molecule has 0 bridgehead atoms.